The van der Waals surface area contributed by atoms with Crippen molar-refractivity contribution < 1.29 is 9.72 Å². The number of unbranched alkanes of at least 4 members (excludes halogenated alkanes) is 1. The second kappa shape index (κ2) is 6.99. The minimum Gasteiger partial charge on any atom is -0.393 e. The first-order valence-corrected chi connectivity index (χ1v) is 7.63. The normalized spacial score (nSPS) is 10.4. The molecule has 2 aromatic rings. The van der Waals surface area contributed by atoms with E-state index in [1.807, 2.05) is 0 Å². The summed E-state index contributed by atoms with van der Waals surface area (Å²) in [4.78, 5) is 27.2. The number of nitrogens with one attached hydrogen (secondary N) is 1. The number of anilines is 2. The van der Waals surface area contributed by atoms with Gasteiger partial charge >= 0.3 is 0 Å². The van der Waals surface area contributed by atoms with Gasteiger partial charge in [-0.2, -0.15) is 0 Å². The van der Waals surface area contributed by atoms with Gasteiger partial charge in [-0.3, -0.25) is 14.9 Å². The van der Waals surface area contributed by atoms with Crippen LogP contribution in [-0.4, -0.2) is 22.2 Å². The first-order valence-electron chi connectivity index (χ1n) is 6.81. The lowest BCUT2D eigenvalue weighted by atomic mass is 10.1. The molecule has 0 aliphatic carbocycles. The van der Waals surface area contributed by atoms with Gasteiger partial charge in [-0.05, 0) is 18.6 Å². The van der Waals surface area contributed by atoms with E-state index in [2.05, 4.69) is 17.2 Å². The quantitative estimate of drug-likeness (QED) is 0.266. The van der Waals surface area contributed by atoms with Crippen molar-refractivity contribution in [2.24, 2.45) is 0 Å². The van der Waals surface area contributed by atoms with E-state index >= 15 is 0 Å². The number of nitrogen functional groups attached to an aromatic ring is 1. The molecule has 116 valence electrons. The van der Waals surface area contributed by atoms with Gasteiger partial charge in [0.25, 0.3) is 5.69 Å². The largest absolute Gasteiger partial charge is 0.393 e. The zero-order valence-electron chi connectivity index (χ0n) is 12.0. The number of ketones is 1. The van der Waals surface area contributed by atoms with E-state index < -0.39 is 4.92 Å². The molecule has 1 aromatic carbocycles. The molecule has 0 bridgehead atoms. The first kappa shape index (κ1) is 15.9. The topological polar surface area (TPSA) is 111 Å². The van der Waals surface area contributed by atoms with E-state index in [1.54, 1.807) is 0 Å². The third-order valence-corrected chi connectivity index (χ3v) is 3.98. The summed E-state index contributed by atoms with van der Waals surface area (Å²) in [6.45, 7) is 2.89. The number of benzene rings is 1. The summed E-state index contributed by atoms with van der Waals surface area (Å²) in [7, 11) is 0. The molecule has 0 saturated carbocycles. The maximum Gasteiger partial charge on any atom is 0.292 e. The first-order chi connectivity index (χ1) is 10.5. The molecule has 0 unspecified atom stereocenters. The standard InChI is InChI=1S/C14H16N4O3S/c1-2-3-6-16-14-17-8-12(22-14)13(19)9-4-5-10(15)11(7-9)18(20)21/h4-5,7-8H,2-3,6,15H2,1H3,(H,16,17). The van der Waals surface area contributed by atoms with E-state index in [0.717, 1.165) is 19.4 Å². The lowest BCUT2D eigenvalue weighted by molar-refractivity contribution is -0.383. The molecule has 1 heterocycles. The number of nitro groups is 1. The third-order valence-electron chi connectivity index (χ3n) is 3.03. The predicted octanol–water partition coefficient (Wildman–Crippen LogP) is 3.08. The number of rotatable bonds is 7. The highest BCUT2D eigenvalue weighted by Crippen LogP contribution is 2.26. The Labute approximate surface area is 131 Å². The maximum absolute atomic E-state index is 12.4. The van der Waals surface area contributed by atoms with Gasteiger partial charge in [-0.15, -0.1) is 0 Å². The van der Waals surface area contributed by atoms with E-state index in [-0.39, 0.29) is 22.7 Å². The van der Waals surface area contributed by atoms with Crippen molar-refractivity contribution in [2.45, 2.75) is 19.8 Å². The lowest BCUT2D eigenvalue weighted by Gasteiger charge is -2.01. The van der Waals surface area contributed by atoms with Crippen LogP contribution >= 0.6 is 11.3 Å². The number of nitrogens with two attached hydrogens (primary N) is 1. The van der Waals surface area contributed by atoms with Crippen molar-refractivity contribution in [1.82, 2.24) is 4.98 Å². The molecule has 3 N–H and O–H groups in total. The second-order valence-electron chi connectivity index (χ2n) is 4.67. The monoisotopic (exact) mass is 320 g/mol. The van der Waals surface area contributed by atoms with Gasteiger partial charge in [0.2, 0.25) is 5.78 Å². The average molecular weight is 320 g/mol. The number of nitro benzene ring substituents is 1. The third kappa shape index (κ3) is 3.59. The fourth-order valence-corrected chi connectivity index (χ4v) is 2.62. The van der Waals surface area contributed by atoms with Crippen LogP contribution in [0.25, 0.3) is 0 Å². The molecule has 0 aliphatic rings. The zero-order chi connectivity index (χ0) is 16.1. The van der Waals surface area contributed by atoms with Crippen LogP contribution in [0.1, 0.15) is 35.0 Å². The van der Waals surface area contributed by atoms with Crippen molar-refractivity contribution in [3.8, 4) is 0 Å². The molecule has 0 amide bonds. The molecular formula is C14H16N4O3S. The summed E-state index contributed by atoms with van der Waals surface area (Å²) >= 11 is 1.23. The Morgan fingerprint density at radius 3 is 2.95 bits per heavy atom. The van der Waals surface area contributed by atoms with Crippen molar-refractivity contribution in [3.63, 3.8) is 0 Å². The number of nitrogens with zero attached hydrogens (tertiary/aromatic N) is 2. The highest BCUT2D eigenvalue weighted by Gasteiger charge is 2.18. The van der Waals surface area contributed by atoms with Crippen LogP contribution in [0.4, 0.5) is 16.5 Å². The van der Waals surface area contributed by atoms with E-state index in [0.29, 0.717) is 10.0 Å². The van der Waals surface area contributed by atoms with Gasteiger partial charge in [0.15, 0.2) is 5.13 Å². The average Bonchev–Trinajstić information content (AvgIpc) is 2.96. The Bertz CT molecular complexity index is 699. The van der Waals surface area contributed by atoms with E-state index in [4.69, 9.17) is 5.73 Å². The number of carbonyl (C=O) groups excluding carboxylic acids is 1. The molecule has 0 fully saturated rings. The predicted molar refractivity (Wildman–Crippen MR) is 86.5 cm³/mol. The van der Waals surface area contributed by atoms with E-state index in [1.165, 1.54) is 35.7 Å². The Kier molecular flexibility index (Phi) is 5.05. The van der Waals surface area contributed by atoms with E-state index in [9.17, 15) is 14.9 Å². The SMILES string of the molecule is CCCCNc1ncc(C(=O)c2ccc(N)c([N+](=O)[O-])c2)s1. The Morgan fingerprint density at radius 2 is 2.27 bits per heavy atom. The summed E-state index contributed by atoms with van der Waals surface area (Å²) in [5, 5.41) is 14.7. The maximum atomic E-state index is 12.4. The molecule has 7 nitrogen and oxygen atoms in total. The number of hydrogen-bond acceptors (Lipinski definition) is 7. The number of aromatic nitrogens is 1. The zero-order valence-corrected chi connectivity index (χ0v) is 12.9. The fraction of sp³-hybridized carbons (Fsp3) is 0.286. The van der Waals surface area contributed by atoms with Gasteiger partial charge in [-0.25, -0.2) is 4.98 Å². The van der Waals surface area contributed by atoms with Gasteiger partial charge in [-0.1, -0.05) is 24.7 Å². The van der Waals surface area contributed by atoms with Crippen molar-refractivity contribution >= 4 is 33.6 Å². The van der Waals surface area contributed by atoms with Gasteiger partial charge in [0, 0.05) is 18.2 Å². The molecular weight excluding hydrogens is 304 g/mol. The summed E-state index contributed by atoms with van der Waals surface area (Å²) in [6, 6.07) is 4.04. The number of carbonyl (C=O) groups is 1. The van der Waals surface area contributed by atoms with Crippen LogP contribution in [0.3, 0.4) is 0 Å². The molecule has 22 heavy (non-hydrogen) atoms. The summed E-state index contributed by atoms with van der Waals surface area (Å²) < 4.78 is 0. The van der Waals surface area contributed by atoms with Crippen molar-refractivity contribution in [3.05, 3.63) is 45.0 Å². The fourth-order valence-electron chi connectivity index (χ4n) is 1.82. The van der Waals surface area contributed by atoms with Crippen molar-refractivity contribution in [2.75, 3.05) is 17.6 Å². The summed E-state index contributed by atoms with van der Waals surface area (Å²) in [5.74, 6) is -0.302. The van der Waals surface area contributed by atoms with Gasteiger partial charge in [0.05, 0.1) is 16.0 Å². The smallest absolute Gasteiger partial charge is 0.292 e. The number of thiazole rings is 1. The molecule has 0 aliphatic heterocycles. The molecule has 0 atom stereocenters. The van der Waals surface area contributed by atoms with Crippen LogP contribution in [0, 0.1) is 10.1 Å². The minimum absolute atomic E-state index is 0.0350. The van der Waals surface area contributed by atoms with Crippen LogP contribution in [0.2, 0.25) is 0 Å². The van der Waals surface area contributed by atoms with Crippen molar-refractivity contribution in [1.29, 1.82) is 0 Å². The molecule has 0 radical (unpaired) electrons. The van der Waals surface area contributed by atoms with Gasteiger partial charge < -0.3 is 11.1 Å². The molecule has 0 saturated heterocycles. The van der Waals surface area contributed by atoms with Crippen LogP contribution in [0.15, 0.2) is 24.4 Å². The molecule has 8 heteroatoms. The highest BCUT2D eigenvalue weighted by molar-refractivity contribution is 7.17. The Hall–Kier alpha value is -2.48. The Balaban J connectivity index is 2.18. The number of hydrogen-bond donors (Lipinski definition) is 2. The van der Waals surface area contributed by atoms with Crippen LogP contribution in [0.5, 0.6) is 0 Å². The van der Waals surface area contributed by atoms with Crippen LogP contribution in [-0.2, 0) is 0 Å². The molecule has 0 spiro atoms. The molecule has 1 aromatic heterocycles. The summed E-state index contributed by atoms with van der Waals surface area (Å²) in [5.41, 5.74) is 5.52. The Morgan fingerprint density at radius 1 is 1.50 bits per heavy atom. The minimum atomic E-state index is -0.601. The lowest BCUT2D eigenvalue weighted by Crippen LogP contribution is -2.02. The second-order valence-corrected chi connectivity index (χ2v) is 5.70. The van der Waals surface area contributed by atoms with Gasteiger partial charge in [0.1, 0.15) is 5.69 Å². The summed E-state index contributed by atoms with van der Waals surface area (Å²) in [6.07, 6.45) is 3.57. The highest BCUT2D eigenvalue weighted by atomic mass is 32.1. The molecule has 2 rings (SSSR count). The van der Waals surface area contributed by atoms with Crippen LogP contribution < -0.4 is 11.1 Å².